The first-order valence-electron chi connectivity index (χ1n) is 6.89. The Bertz CT molecular complexity index is 263. The zero-order valence-corrected chi connectivity index (χ0v) is 11.2. The molecular formula is C13H24N2O3. The Morgan fingerprint density at radius 1 is 1.50 bits per heavy atom. The van der Waals surface area contributed by atoms with Gasteiger partial charge in [0.2, 0.25) is 5.91 Å². The highest BCUT2D eigenvalue weighted by Crippen LogP contribution is 2.28. The van der Waals surface area contributed by atoms with Crippen molar-refractivity contribution in [1.29, 1.82) is 0 Å². The summed E-state index contributed by atoms with van der Waals surface area (Å²) in [6.07, 6.45) is 3.11. The smallest absolute Gasteiger partial charge is 0.225 e. The van der Waals surface area contributed by atoms with Gasteiger partial charge in [-0.15, -0.1) is 0 Å². The van der Waals surface area contributed by atoms with Crippen LogP contribution in [0.1, 0.15) is 19.3 Å². The van der Waals surface area contributed by atoms with Crippen LogP contribution in [0.2, 0.25) is 0 Å². The van der Waals surface area contributed by atoms with Crippen LogP contribution in [0, 0.1) is 5.92 Å². The Balaban J connectivity index is 1.54. The van der Waals surface area contributed by atoms with Crippen LogP contribution in [-0.4, -0.2) is 63.4 Å². The first-order valence-corrected chi connectivity index (χ1v) is 6.89. The summed E-state index contributed by atoms with van der Waals surface area (Å²) in [7, 11) is 1.83. The zero-order valence-electron chi connectivity index (χ0n) is 11.2. The standard InChI is InChI=1S/C13H24N2O3/c1-15(5-7-17-10-11-2-3-11)13(16)8-12-9-14-4-6-18-12/h11-12,14H,2-10H2,1H3. The molecule has 1 atom stereocenters. The molecule has 104 valence electrons. The van der Waals surface area contributed by atoms with Gasteiger partial charge in [-0.05, 0) is 18.8 Å². The van der Waals surface area contributed by atoms with Crippen LogP contribution in [0.3, 0.4) is 0 Å². The summed E-state index contributed by atoms with van der Waals surface area (Å²) in [6.45, 7) is 4.53. The van der Waals surface area contributed by atoms with Crippen LogP contribution < -0.4 is 5.32 Å². The second kappa shape index (κ2) is 7.07. The molecule has 1 heterocycles. The number of ether oxygens (including phenoxy) is 2. The number of rotatable bonds is 7. The molecule has 0 aromatic heterocycles. The van der Waals surface area contributed by atoms with Crippen LogP contribution >= 0.6 is 0 Å². The van der Waals surface area contributed by atoms with Crippen LogP contribution in [0.4, 0.5) is 0 Å². The van der Waals surface area contributed by atoms with Crippen LogP contribution in [0.5, 0.6) is 0 Å². The minimum absolute atomic E-state index is 0.0288. The van der Waals surface area contributed by atoms with E-state index in [2.05, 4.69) is 5.32 Å². The lowest BCUT2D eigenvalue weighted by atomic mass is 10.2. The van der Waals surface area contributed by atoms with Crippen molar-refractivity contribution in [1.82, 2.24) is 10.2 Å². The van der Waals surface area contributed by atoms with E-state index >= 15 is 0 Å². The van der Waals surface area contributed by atoms with E-state index in [1.165, 1.54) is 12.8 Å². The first-order chi connectivity index (χ1) is 8.75. The van der Waals surface area contributed by atoms with E-state index in [9.17, 15) is 4.79 Å². The van der Waals surface area contributed by atoms with Crippen molar-refractivity contribution in [3.63, 3.8) is 0 Å². The summed E-state index contributed by atoms with van der Waals surface area (Å²) in [5.41, 5.74) is 0. The number of likely N-dealkylation sites (N-methyl/N-ethyl adjacent to an activating group) is 1. The molecule has 2 aliphatic rings. The SMILES string of the molecule is CN(CCOCC1CC1)C(=O)CC1CNCCO1. The molecule has 18 heavy (non-hydrogen) atoms. The van der Waals surface area contributed by atoms with Gasteiger partial charge in [0.25, 0.3) is 0 Å². The maximum absolute atomic E-state index is 11.9. The van der Waals surface area contributed by atoms with Crippen molar-refractivity contribution in [3.8, 4) is 0 Å². The maximum Gasteiger partial charge on any atom is 0.225 e. The number of amides is 1. The molecule has 1 aliphatic heterocycles. The van der Waals surface area contributed by atoms with E-state index in [0.717, 1.165) is 25.6 Å². The molecular weight excluding hydrogens is 232 g/mol. The average molecular weight is 256 g/mol. The number of morpholine rings is 1. The Kier molecular flexibility index (Phi) is 5.41. The molecule has 2 rings (SSSR count). The van der Waals surface area contributed by atoms with E-state index in [1.807, 2.05) is 7.05 Å². The zero-order chi connectivity index (χ0) is 12.8. The van der Waals surface area contributed by atoms with Crippen molar-refractivity contribution in [2.75, 3.05) is 46.5 Å². The van der Waals surface area contributed by atoms with E-state index < -0.39 is 0 Å². The van der Waals surface area contributed by atoms with E-state index in [0.29, 0.717) is 26.2 Å². The molecule has 1 aliphatic carbocycles. The minimum Gasteiger partial charge on any atom is -0.379 e. The Hall–Kier alpha value is -0.650. The lowest BCUT2D eigenvalue weighted by Gasteiger charge is -2.25. The summed E-state index contributed by atoms with van der Waals surface area (Å²) < 4.78 is 11.1. The lowest BCUT2D eigenvalue weighted by molar-refractivity contribution is -0.134. The van der Waals surface area contributed by atoms with Gasteiger partial charge in [-0.2, -0.15) is 0 Å². The van der Waals surface area contributed by atoms with E-state index in [-0.39, 0.29) is 12.0 Å². The predicted molar refractivity (Wildman–Crippen MR) is 68.4 cm³/mol. The van der Waals surface area contributed by atoms with Gasteiger partial charge in [0, 0.05) is 33.3 Å². The third kappa shape index (κ3) is 4.92. The monoisotopic (exact) mass is 256 g/mol. The second-order valence-electron chi connectivity index (χ2n) is 5.23. The highest BCUT2D eigenvalue weighted by atomic mass is 16.5. The highest BCUT2D eigenvalue weighted by molar-refractivity contribution is 5.76. The number of hydrogen-bond acceptors (Lipinski definition) is 4. The van der Waals surface area contributed by atoms with Gasteiger partial charge < -0.3 is 19.7 Å². The summed E-state index contributed by atoms with van der Waals surface area (Å²) in [5, 5.41) is 3.23. The molecule has 1 amide bonds. The van der Waals surface area contributed by atoms with Gasteiger partial charge in [-0.3, -0.25) is 4.79 Å². The number of nitrogens with one attached hydrogen (secondary N) is 1. The molecule has 1 saturated carbocycles. The average Bonchev–Trinajstić information content (AvgIpc) is 3.19. The number of nitrogens with zero attached hydrogens (tertiary/aromatic N) is 1. The summed E-state index contributed by atoms with van der Waals surface area (Å²) in [5.74, 6) is 0.923. The molecule has 1 unspecified atom stereocenters. The highest BCUT2D eigenvalue weighted by Gasteiger charge is 2.22. The Labute approximate surface area is 109 Å². The fraction of sp³-hybridized carbons (Fsp3) is 0.923. The van der Waals surface area contributed by atoms with Gasteiger partial charge in [0.15, 0.2) is 0 Å². The van der Waals surface area contributed by atoms with Crippen molar-refractivity contribution in [3.05, 3.63) is 0 Å². The van der Waals surface area contributed by atoms with Crippen LogP contribution in [-0.2, 0) is 14.3 Å². The van der Waals surface area contributed by atoms with Crippen LogP contribution in [0.25, 0.3) is 0 Å². The van der Waals surface area contributed by atoms with Crippen molar-refractivity contribution in [2.45, 2.75) is 25.4 Å². The number of hydrogen-bond donors (Lipinski definition) is 1. The Morgan fingerprint density at radius 3 is 3.00 bits per heavy atom. The third-order valence-electron chi connectivity index (χ3n) is 3.45. The van der Waals surface area contributed by atoms with Gasteiger partial charge in [-0.1, -0.05) is 0 Å². The first kappa shape index (κ1) is 13.8. The molecule has 0 aromatic carbocycles. The molecule has 5 heteroatoms. The number of carbonyl (C=O) groups is 1. The fourth-order valence-corrected chi connectivity index (χ4v) is 1.96. The van der Waals surface area contributed by atoms with Crippen molar-refractivity contribution in [2.24, 2.45) is 5.92 Å². The van der Waals surface area contributed by atoms with Gasteiger partial charge >= 0.3 is 0 Å². The molecule has 1 N–H and O–H groups in total. The van der Waals surface area contributed by atoms with Gasteiger partial charge in [0.1, 0.15) is 0 Å². The maximum atomic E-state index is 11.9. The largest absolute Gasteiger partial charge is 0.379 e. The molecule has 0 radical (unpaired) electrons. The lowest BCUT2D eigenvalue weighted by Crippen LogP contribution is -2.42. The molecule has 2 fully saturated rings. The van der Waals surface area contributed by atoms with Crippen molar-refractivity contribution >= 4 is 5.91 Å². The van der Waals surface area contributed by atoms with Gasteiger partial charge in [0.05, 0.1) is 25.7 Å². The predicted octanol–water partition coefficient (Wildman–Crippen LogP) is 0.250. The second-order valence-corrected chi connectivity index (χ2v) is 5.23. The summed E-state index contributed by atoms with van der Waals surface area (Å²) in [6, 6.07) is 0. The minimum atomic E-state index is 0.0288. The fourth-order valence-electron chi connectivity index (χ4n) is 1.96. The molecule has 5 nitrogen and oxygen atoms in total. The van der Waals surface area contributed by atoms with E-state index in [1.54, 1.807) is 4.90 Å². The normalized spacial score (nSPS) is 23.9. The Morgan fingerprint density at radius 2 is 2.33 bits per heavy atom. The quantitative estimate of drug-likeness (QED) is 0.663. The topological polar surface area (TPSA) is 50.8 Å². The van der Waals surface area contributed by atoms with Crippen molar-refractivity contribution < 1.29 is 14.3 Å². The molecule has 0 spiro atoms. The van der Waals surface area contributed by atoms with E-state index in [4.69, 9.17) is 9.47 Å². The summed E-state index contributed by atoms with van der Waals surface area (Å²) in [4.78, 5) is 13.7. The molecule has 0 aromatic rings. The van der Waals surface area contributed by atoms with Crippen LogP contribution in [0.15, 0.2) is 0 Å². The molecule has 0 bridgehead atoms. The third-order valence-corrected chi connectivity index (χ3v) is 3.45. The number of carbonyl (C=O) groups excluding carboxylic acids is 1. The summed E-state index contributed by atoms with van der Waals surface area (Å²) >= 11 is 0. The molecule has 1 saturated heterocycles. The van der Waals surface area contributed by atoms with Gasteiger partial charge in [-0.25, -0.2) is 0 Å².